The molecule has 1 fully saturated rings. The van der Waals surface area contributed by atoms with Crippen molar-refractivity contribution in [3.8, 4) is 0 Å². The van der Waals surface area contributed by atoms with E-state index in [4.69, 9.17) is 0 Å². The molecule has 0 radical (unpaired) electrons. The fourth-order valence-electron chi connectivity index (χ4n) is 2.98. The summed E-state index contributed by atoms with van der Waals surface area (Å²) >= 11 is 0. The van der Waals surface area contributed by atoms with Crippen molar-refractivity contribution in [2.24, 2.45) is 5.92 Å². The predicted octanol–water partition coefficient (Wildman–Crippen LogP) is 2.69. The van der Waals surface area contributed by atoms with Gasteiger partial charge in [-0.2, -0.15) is 0 Å². The fraction of sp³-hybridized carbons (Fsp3) is 0.278. The van der Waals surface area contributed by atoms with Crippen LogP contribution in [0.4, 0.5) is 5.69 Å². The summed E-state index contributed by atoms with van der Waals surface area (Å²) in [7, 11) is -3.16. The van der Waals surface area contributed by atoms with E-state index in [1.807, 2.05) is 47.4 Å². The van der Waals surface area contributed by atoms with Crippen LogP contribution in [0.25, 0.3) is 0 Å². The molecule has 0 spiro atoms. The van der Waals surface area contributed by atoms with Crippen molar-refractivity contribution in [1.82, 2.24) is 0 Å². The molecule has 120 valence electrons. The smallest absolute Gasteiger partial charge is 0.227 e. The van der Waals surface area contributed by atoms with Gasteiger partial charge >= 0.3 is 0 Å². The van der Waals surface area contributed by atoms with Crippen molar-refractivity contribution < 1.29 is 13.2 Å². The summed E-state index contributed by atoms with van der Waals surface area (Å²) < 4.78 is 23.0. The molecule has 1 aliphatic heterocycles. The van der Waals surface area contributed by atoms with E-state index in [9.17, 15) is 13.2 Å². The van der Waals surface area contributed by atoms with E-state index in [0.29, 0.717) is 17.9 Å². The van der Waals surface area contributed by atoms with Crippen LogP contribution in [-0.4, -0.2) is 27.1 Å². The van der Waals surface area contributed by atoms with Crippen LogP contribution < -0.4 is 4.90 Å². The molecule has 23 heavy (non-hydrogen) atoms. The van der Waals surface area contributed by atoms with Crippen molar-refractivity contribution in [2.75, 3.05) is 17.7 Å². The van der Waals surface area contributed by atoms with Crippen molar-refractivity contribution in [3.63, 3.8) is 0 Å². The molecule has 0 unspecified atom stereocenters. The van der Waals surface area contributed by atoms with Crippen LogP contribution in [-0.2, 0) is 21.1 Å². The van der Waals surface area contributed by atoms with Crippen LogP contribution in [0.1, 0.15) is 12.0 Å². The van der Waals surface area contributed by atoms with Crippen LogP contribution in [0, 0.1) is 5.92 Å². The first-order valence-corrected chi connectivity index (χ1v) is 9.47. The molecule has 0 bridgehead atoms. The molecule has 3 rings (SSSR count). The number of hydrogen-bond donors (Lipinski definition) is 0. The first-order chi connectivity index (χ1) is 10.9. The van der Waals surface area contributed by atoms with Crippen LogP contribution in [0.15, 0.2) is 59.5 Å². The second kappa shape index (κ2) is 6.16. The highest BCUT2D eigenvalue weighted by Crippen LogP contribution is 2.27. The predicted molar refractivity (Wildman–Crippen MR) is 90.2 cm³/mol. The summed E-state index contributed by atoms with van der Waals surface area (Å²) in [5.41, 5.74) is 2.00. The molecule has 2 aromatic carbocycles. The Balaban J connectivity index is 1.69. The van der Waals surface area contributed by atoms with Gasteiger partial charge in [0.05, 0.1) is 4.90 Å². The number of carbonyl (C=O) groups is 1. The largest absolute Gasteiger partial charge is 0.312 e. The maximum Gasteiger partial charge on any atom is 0.227 e. The maximum atomic E-state index is 12.2. The molecule has 0 aliphatic carbocycles. The van der Waals surface area contributed by atoms with Gasteiger partial charge in [0.25, 0.3) is 0 Å². The Morgan fingerprint density at radius 2 is 1.70 bits per heavy atom. The maximum absolute atomic E-state index is 12.2. The van der Waals surface area contributed by atoms with Gasteiger partial charge < -0.3 is 4.90 Å². The zero-order chi connectivity index (χ0) is 16.4. The van der Waals surface area contributed by atoms with E-state index in [2.05, 4.69) is 0 Å². The van der Waals surface area contributed by atoms with Crippen LogP contribution in [0.3, 0.4) is 0 Å². The van der Waals surface area contributed by atoms with Gasteiger partial charge in [-0.05, 0) is 42.2 Å². The second-order valence-electron chi connectivity index (χ2n) is 6.03. The summed E-state index contributed by atoms with van der Waals surface area (Å²) in [6.45, 7) is 0.705. The van der Waals surface area contributed by atoms with Crippen molar-refractivity contribution >= 4 is 21.4 Å². The molecular weight excluding hydrogens is 310 g/mol. The van der Waals surface area contributed by atoms with Gasteiger partial charge in [-0.15, -0.1) is 0 Å². The zero-order valence-electron chi connectivity index (χ0n) is 13.0. The quantitative estimate of drug-likeness (QED) is 0.866. The van der Waals surface area contributed by atoms with E-state index in [-0.39, 0.29) is 11.8 Å². The van der Waals surface area contributed by atoms with Crippen molar-refractivity contribution in [1.29, 1.82) is 0 Å². The monoisotopic (exact) mass is 329 g/mol. The number of benzene rings is 2. The average Bonchev–Trinajstić information content (AvgIpc) is 2.88. The minimum absolute atomic E-state index is 0.147. The Hall–Kier alpha value is -2.14. The lowest BCUT2D eigenvalue weighted by atomic mass is 9.99. The molecule has 0 saturated carbocycles. The Kier molecular flexibility index (Phi) is 4.22. The summed E-state index contributed by atoms with van der Waals surface area (Å²) in [4.78, 5) is 14.4. The molecule has 0 aromatic heterocycles. The molecule has 1 saturated heterocycles. The lowest BCUT2D eigenvalue weighted by Crippen LogP contribution is -2.24. The third-order valence-electron chi connectivity index (χ3n) is 4.15. The SMILES string of the molecule is CS(=O)(=O)c1ccc(C[C@@H]2CC(=O)N(c3ccccc3)C2)cc1. The molecule has 5 heteroatoms. The van der Waals surface area contributed by atoms with E-state index in [0.717, 1.165) is 17.7 Å². The standard InChI is InChI=1S/C18H19NO3S/c1-23(21,22)17-9-7-14(8-10-17)11-15-12-18(20)19(13-15)16-5-3-2-4-6-16/h2-10,15H,11-13H2,1H3/t15-/m1/s1. The molecule has 1 heterocycles. The van der Waals surface area contributed by atoms with Gasteiger partial charge in [-0.1, -0.05) is 30.3 Å². The molecule has 1 atom stereocenters. The van der Waals surface area contributed by atoms with E-state index >= 15 is 0 Å². The zero-order valence-corrected chi connectivity index (χ0v) is 13.8. The van der Waals surface area contributed by atoms with Crippen molar-refractivity contribution in [3.05, 3.63) is 60.2 Å². The fourth-order valence-corrected chi connectivity index (χ4v) is 3.61. The van der Waals surface area contributed by atoms with Gasteiger partial charge in [0, 0.05) is 24.9 Å². The molecule has 4 nitrogen and oxygen atoms in total. The number of anilines is 1. The molecule has 1 aliphatic rings. The lowest BCUT2D eigenvalue weighted by Gasteiger charge is -2.16. The minimum atomic E-state index is -3.16. The molecular formula is C18H19NO3S. The number of hydrogen-bond acceptors (Lipinski definition) is 3. The Labute approximate surface area is 136 Å². The third-order valence-corrected chi connectivity index (χ3v) is 5.28. The van der Waals surface area contributed by atoms with Crippen molar-refractivity contribution in [2.45, 2.75) is 17.7 Å². The molecule has 1 amide bonds. The Morgan fingerprint density at radius 3 is 2.30 bits per heavy atom. The highest BCUT2D eigenvalue weighted by molar-refractivity contribution is 7.90. The summed E-state index contributed by atoms with van der Waals surface area (Å²) in [6, 6.07) is 16.6. The minimum Gasteiger partial charge on any atom is -0.312 e. The second-order valence-corrected chi connectivity index (χ2v) is 8.05. The highest BCUT2D eigenvalue weighted by atomic mass is 32.2. The summed E-state index contributed by atoms with van der Waals surface area (Å²) in [5.74, 6) is 0.403. The third kappa shape index (κ3) is 3.62. The van der Waals surface area contributed by atoms with Gasteiger partial charge in [-0.25, -0.2) is 8.42 Å². The number of amides is 1. The number of para-hydroxylation sites is 1. The van der Waals surface area contributed by atoms with E-state index in [1.54, 1.807) is 12.1 Å². The first kappa shape index (κ1) is 15.7. The number of rotatable bonds is 4. The number of nitrogens with zero attached hydrogens (tertiary/aromatic N) is 1. The van der Waals surface area contributed by atoms with Crippen LogP contribution >= 0.6 is 0 Å². The van der Waals surface area contributed by atoms with Crippen LogP contribution in [0.5, 0.6) is 0 Å². The first-order valence-electron chi connectivity index (χ1n) is 7.58. The normalized spacial score (nSPS) is 18.4. The highest BCUT2D eigenvalue weighted by Gasteiger charge is 2.30. The molecule has 2 aromatic rings. The van der Waals surface area contributed by atoms with E-state index < -0.39 is 9.84 Å². The topological polar surface area (TPSA) is 54.5 Å². The van der Waals surface area contributed by atoms with Gasteiger partial charge in [-0.3, -0.25) is 4.79 Å². The average molecular weight is 329 g/mol. The Bertz CT molecular complexity index is 798. The van der Waals surface area contributed by atoms with Gasteiger partial charge in [0.15, 0.2) is 9.84 Å². The van der Waals surface area contributed by atoms with Gasteiger partial charge in [0.2, 0.25) is 5.91 Å². The number of sulfone groups is 1. The molecule has 0 N–H and O–H groups in total. The van der Waals surface area contributed by atoms with Crippen LogP contribution in [0.2, 0.25) is 0 Å². The van der Waals surface area contributed by atoms with Gasteiger partial charge in [0.1, 0.15) is 0 Å². The summed E-state index contributed by atoms with van der Waals surface area (Å²) in [6.07, 6.45) is 2.51. The Morgan fingerprint density at radius 1 is 1.04 bits per heavy atom. The van der Waals surface area contributed by atoms with E-state index in [1.165, 1.54) is 6.26 Å². The number of carbonyl (C=O) groups excluding carboxylic acids is 1. The summed E-state index contributed by atoms with van der Waals surface area (Å²) in [5, 5.41) is 0. The lowest BCUT2D eigenvalue weighted by molar-refractivity contribution is -0.117.